The van der Waals surface area contributed by atoms with Gasteiger partial charge in [0, 0.05) is 28.5 Å². The van der Waals surface area contributed by atoms with E-state index in [2.05, 4.69) is 4.98 Å². The first kappa shape index (κ1) is 15.7. The van der Waals surface area contributed by atoms with Gasteiger partial charge < -0.3 is 9.67 Å². The van der Waals surface area contributed by atoms with Gasteiger partial charge in [-0.3, -0.25) is 4.79 Å². The Kier molecular flexibility index (Phi) is 4.48. The molecule has 0 saturated carbocycles. The second kappa shape index (κ2) is 6.54. The van der Waals surface area contributed by atoms with Gasteiger partial charge in [-0.25, -0.2) is 4.98 Å². The van der Waals surface area contributed by atoms with Crippen LogP contribution in [0, 0.1) is 0 Å². The minimum absolute atomic E-state index is 0.241. The fourth-order valence-corrected chi connectivity index (χ4v) is 2.75. The summed E-state index contributed by atoms with van der Waals surface area (Å²) in [6.45, 7) is -0.241. The van der Waals surface area contributed by atoms with Crippen molar-refractivity contribution in [2.45, 2.75) is 6.61 Å². The second-order valence-electron chi connectivity index (χ2n) is 4.84. The number of hydrogen-bond donors (Lipinski definition) is 1. The molecule has 3 aromatic rings. The van der Waals surface area contributed by atoms with Crippen LogP contribution in [0.1, 0.15) is 21.7 Å². The number of benzene rings is 2. The highest BCUT2D eigenvalue weighted by atomic mass is 35.5. The van der Waals surface area contributed by atoms with Gasteiger partial charge in [-0.1, -0.05) is 35.3 Å². The molecule has 0 bridgehead atoms. The fraction of sp³-hybridized carbons (Fsp3) is 0.0588. The van der Waals surface area contributed by atoms with E-state index in [9.17, 15) is 9.90 Å². The highest BCUT2D eigenvalue weighted by molar-refractivity contribution is 6.35. The molecule has 0 fully saturated rings. The zero-order chi connectivity index (χ0) is 16.4. The third kappa shape index (κ3) is 3.01. The third-order valence-corrected chi connectivity index (χ3v) is 4.00. The van der Waals surface area contributed by atoms with Crippen molar-refractivity contribution >= 4 is 29.0 Å². The van der Waals surface area contributed by atoms with Crippen LogP contribution >= 0.6 is 23.2 Å². The molecule has 0 saturated heterocycles. The molecular weight excluding hydrogens is 335 g/mol. The Balaban J connectivity index is 2.18. The van der Waals surface area contributed by atoms with Crippen LogP contribution in [0.3, 0.4) is 0 Å². The number of carbonyl (C=O) groups excluding carboxylic acids is 1. The van der Waals surface area contributed by atoms with Crippen molar-refractivity contribution in [2.24, 2.45) is 0 Å². The van der Waals surface area contributed by atoms with Gasteiger partial charge in [0.15, 0.2) is 5.78 Å². The first-order valence-corrected chi connectivity index (χ1v) is 7.59. The third-order valence-electron chi connectivity index (χ3n) is 3.44. The first-order valence-electron chi connectivity index (χ1n) is 6.84. The maximum Gasteiger partial charge on any atom is 0.196 e. The summed E-state index contributed by atoms with van der Waals surface area (Å²) >= 11 is 12.2. The van der Waals surface area contributed by atoms with Gasteiger partial charge >= 0.3 is 0 Å². The molecule has 4 nitrogen and oxygen atoms in total. The minimum Gasteiger partial charge on any atom is -0.388 e. The number of nitrogens with zero attached hydrogens (tertiary/aromatic N) is 2. The van der Waals surface area contributed by atoms with Crippen LogP contribution in [-0.4, -0.2) is 20.4 Å². The Labute approximate surface area is 142 Å². The van der Waals surface area contributed by atoms with Crippen LogP contribution in [0.4, 0.5) is 0 Å². The average Bonchev–Trinajstić information content (AvgIpc) is 3.03. The molecule has 0 amide bonds. The van der Waals surface area contributed by atoms with Gasteiger partial charge in [-0.2, -0.15) is 0 Å². The number of aromatic nitrogens is 2. The van der Waals surface area contributed by atoms with Crippen molar-refractivity contribution in [1.29, 1.82) is 0 Å². The molecular formula is C17H12Cl2N2O2. The van der Waals surface area contributed by atoms with E-state index >= 15 is 0 Å². The molecule has 0 aliphatic heterocycles. The van der Waals surface area contributed by atoms with Gasteiger partial charge in [0.1, 0.15) is 12.4 Å². The van der Waals surface area contributed by atoms with Crippen molar-refractivity contribution in [3.8, 4) is 5.69 Å². The molecule has 0 unspecified atom stereocenters. The zero-order valence-electron chi connectivity index (χ0n) is 11.9. The summed E-state index contributed by atoms with van der Waals surface area (Å²) in [4.78, 5) is 17.0. The molecule has 116 valence electrons. The molecule has 23 heavy (non-hydrogen) atoms. The molecule has 0 aliphatic rings. The van der Waals surface area contributed by atoms with Crippen molar-refractivity contribution in [3.63, 3.8) is 0 Å². The van der Waals surface area contributed by atoms with Gasteiger partial charge in [-0.05, 0) is 30.3 Å². The summed E-state index contributed by atoms with van der Waals surface area (Å²) in [6.07, 6.45) is 3.24. The Bertz CT molecular complexity index is 875. The Hall–Kier alpha value is -2.14. The SMILES string of the molecule is O=C(c1ccccc1Cl)c1cc(Cl)ccc1-n1ccnc1CO. The van der Waals surface area contributed by atoms with Gasteiger partial charge in [0.25, 0.3) is 0 Å². The molecule has 0 atom stereocenters. The Morgan fingerprint density at radius 1 is 1.13 bits per heavy atom. The summed E-state index contributed by atoms with van der Waals surface area (Å²) < 4.78 is 1.65. The normalized spacial score (nSPS) is 10.7. The number of imidazole rings is 1. The van der Waals surface area contributed by atoms with Crippen LogP contribution < -0.4 is 0 Å². The van der Waals surface area contributed by atoms with Crippen molar-refractivity contribution in [2.75, 3.05) is 0 Å². The van der Waals surface area contributed by atoms with Crippen LogP contribution in [0.25, 0.3) is 5.69 Å². The number of aliphatic hydroxyl groups excluding tert-OH is 1. The number of ketones is 1. The van der Waals surface area contributed by atoms with Crippen LogP contribution in [-0.2, 0) is 6.61 Å². The zero-order valence-corrected chi connectivity index (χ0v) is 13.4. The van der Waals surface area contributed by atoms with E-state index in [1.165, 1.54) is 0 Å². The van der Waals surface area contributed by atoms with Crippen molar-refractivity contribution < 1.29 is 9.90 Å². The topological polar surface area (TPSA) is 55.1 Å². The van der Waals surface area contributed by atoms with Gasteiger partial charge in [0.05, 0.1) is 10.7 Å². The smallest absolute Gasteiger partial charge is 0.196 e. The van der Waals surface area contributed by atoms with E-state index in [0.29, 0.717) is 32.7 Å². The number of hydrogen-bond acceptors (Lipinski definition) is 3. The molecule has 0 radical (unpaired) electrons. The monoisotopic (exact) mass is 346 g/mol. The predicted octanol–water partition coefficient (Wildman–Crippen LogP) is 3.90. The molecule has 1 aromatic heterocycles. The highest BCUT2D eigenvalue weighted by Crippen LogP contribution is 2.26. The summed E-state index contributed by atoms with van der Waals surface area (Å²) in [5.74, 6) is 0.186. The quantitative estimate of drug-likeness (QED) is 0.728. The van der Waals surface area contributed by atoms with E-state index in [0.717, 1.165) is 0 Å². The van der Waals surface area contributed by atoms with Crippen LogP contribution in [0.15, 0.2) is 54.9 Å². The fourth-order valence-electron chi connectivity index (χ4n) is 2.36. The maximum atomic E-state index is 12.9. The van der Waals surface area contributed by atoms with E-state index in [1.54, 1.807) is 59.4 Å². The lowest BCUT2D eigenvalue weighted by Gasteiger charge is -2.13. The number of carbonyl (C=O) groups is 1. The number of halogens is 2. The lowest BCUT2D eigenvalue weighted by atomic mass is 10.0. The lowest BCUT2D eigenvalue weighted by molar-refractivity contribution is 0.103. The van der Waals surface area contributed by atoms with Gasteiger partial charge in [0.2, 0.25) is 0 Å². The molecule has 3 rings (SSSR count). The lowest BCUT2D eigenvalue weighted by Crippen LogP contribution is -2.10. The molecule has 0 spiro atoms. The summed E-state index contributed by atoms with van der Waals surface area (Å²) in [6, 6.07) is 11.8. The van der Waals surface area contributed by atoms with Gasteiger partial charge in [-0.15, -0.1) is 0 Å². The summed E-state index contributed by atoms with van der Waals surface area (Å²) in [5.41, 5.74) is 1.36. The number of aliphatic hydroxyl groups is 1. The van der Waals surface area contributed by atoms with E-state index in [-0.39, 0.29) is 12.4 Å². The minimum atomic E-state index is -0.245. The summed E-state index contributed by atoms with van der Waals surface area (Å²) in [7, 11) is 0. The molecule has 2 aromatic carbocycles. The maximum absolute atomic E-state index is 12.9. The first-order chi connectivity index (χ1) is 11.1. The highest BCUT2D eigenvalue weighted by Gasteiger charge is 2.19. The van der Waals surface area contributed by atoms with E-state index in [4.69, 9.17) is 23.2 Å². The standard InChI is InChI=1S/C17H12Cl2N2O2/c18-11-5-6-15(21-8-7-20-16(21)10-22)13(9-11)17(23)12-3-1-2-4-14(12)19/h1-9,22H,10H2. The molecule has 6 heteroatoms. The average molecular weight is 347 g/mol. The molecule has 1 N–H and O–H groups in total. The second-order valence-corrected chi connectivity index (χ2v) is 5.69. The van der Waals surface area contributed by atoms with E-state index in [1.807, 2.05) is 0 Å². The van der Waals surface area contributed by atoms with Crippen molar-refractivity contribution in [1.82, 2.24) is 9.55 Å². The number of rotatable bonds is 4. The predicted molar refractivity (Wildman–Crippen MR) is 89.4 cm³/mol. The van der Waals surface area contributed by atoms with E-state index < -0.39 is 0 Å². The van der Waals surface area contributed by atoms with Crippen LogP contribution in [0.2, 0.25) is 10.0 Å². The Morgan fingerprint density at radius 2 is 1.91 bits per heavy atom. The van der Waals surface area contributed by atoms with Crippen molar-refractivity contribution in [3.05, 3.63) is 81.9 Å². The molecule has 1 heterocycles. The Morgan fingerprint density at radius 3 is 2.65 bits per heavy atom. The largest absolute Gasteiger partial charge is 0.388 e. The van der Waals surface area contributed by atoms with Crippen LogP contribution in [0.5, 0.6) is 0 Å². The molecule has 0 aliphatic carbocycles. The summed E-state index contributed by atoms with van der Waals surface area (Å²) in [5, 5.41) is 10.2.